The highest BCUT2D eigenvalue weighted by Crippen LogP contribution is 2.12. The number of ether oxygens (including phenoxy) is 1. The van der Waals surface area contributed by atoms with Crippen LogP contribution in [-0.2, 0) is 11.3 Å². The summed E-state index contributed by atoms with van der Waals surface area (Å²) < 4.78 is 7.16. The number of hydrogen-bond acceptors (Lipinski definition) is 4. The predicted octanol–water partition coefficient (Wildman–Crippen LogP) is 3.12. The lowest BCUT2D eigenvalue weighted by Crippen LogP contribution is -2.44. The van der Waals surface area contributed by atoms with Gasteiger partial charge >= 0.3 is 6.09 Å². The van der Waals surface area contributed by atoms with E-state index in [0.29, 0.717) is 19.6 Å². The molecule has 2 rings (SSSR count). The SMILES string of the molecule is CCNC(=NCCCCn1c(C)cccc1=O)N1CCC(NC(=O)OC(C)(C)C)C1.I. The molecule has 9 heteroatoms. The molecule has 1 aromatic rings. The number of aliphatic imine (C=N–C) groups is 1. The van der Waals surface area contributed by atoms with Crippen molar-refractivity contribution in [2.24, 2.45) is 4.99 Å². The summed E-state index contributed by atoms with van der Waals surface area (Å²) >= 11 is 0. The highest BCUT2D eigenvalue weighted by molar-refractivity contribution is 14.0. The molecule has 0 aliphatic carbocycles. The van der Waals surface area contributed by atoms with E-state index in [1.54, 1.807) is 12.1 Å². The van der Waals surface area contributed by atoms with E-state index in [1.807, 2.05) is 45.3 Å². The molecule has 2 N–H and O–H groups in total. The van der Waals surface area contributed by atoms with Gasteiger partial charge in [0.15, 0.2) is 5.96 Å². The zero-order chi connectivity index (χ0) is 22.1. The maximum Gasteiger partial charge on any atom is 0.407 e. The van der Waals surface area contributed by atoms with Crippen LogP contribution in [0.25, 0.3) is 0 Å². The average Bonchev–Trinajstić information content (AvgIpc) is 3.09. The smallest absolute Gasteiger partial charge is 0.407 e. The van der Waals surface area contributed by atoms with E-state index < -0.39 is 5.60 Å². The molecular weight excluding hydrogens is 509 g/mol. The zero-order valence-corrected chi connectivity index (χ0v) is 21.8. The molecule has 0 spiro atoms. The van der Waals surface area contributed by atoms with Crippen molar-refractivity contribution in [3.05, 3.63) is 34.2 Å². The number of rotatable bonds is 7. The number of carbonyl (C=O) groups is 1. The first-order chi connectivity index (χ1) is 14.2. The van der Waals surface area contributed by atoms with Crippen LogP contribution in [0, 0.1) is 6.92 Å². The lowest BCUT2D eigenvalue weighted by atomic mass is 10.2. The summed E-state index contributed by atoms with van der Waals surface area (Å²) in [5.74, 6) is 0.874. The molecule has 31 heavy (non-hydrogen) atoms. The van der Waals surface area contributed by atoms with Gasteiger partial charge in [-0.15, -0.1) is 24.0 Å². The standard InChI is InChI=1S/C22H37N5O3.HI/c1-6-23-20(24-13-7-8-14-27-17(2)10-9-11-19(27)28)26-15-12-18(16-26)25-21(29)30-22(3,4)5;/h9-11,18H,6-8,12-16H2,1-5H3,(H,23,24)(H,25,29);1H. The number of nitrogens with zero attached hydrogens (tertiary/aromatic N) is 3. The van der Waals surface area contributed by atoms with E-state index in [9.17, 15) is 9.59 Å². The Labute approximate surface area is 202 Å². The minimum atomic E-state index is -0.498. The predicted molar refractivity (Wildman–Crippen MR) is 135 cm³/mol. The van der Waals surface area contributed by atoms with Crippen molar-refractivity contribution in [1.29, 1.82) is 0 Å². The van der Waals surface area contributed by atoms with E-state index >= 15 is 0 Å². The van der Waals surface area contributed by atoms with Gasteiger partial charge in [-0.05, 0) is 59.9 Å². The molecule has 176 valence electrons. The van der Waals surface area contributed by atoms with E-state index in [-0.39, 0.29) is 41.7 Å². The first-order valence-electron chi connectivity index (χ1n) is 10.9. The average molecular weight is 547 g/mol. The largest absolute Gasteiger partial charge is 0.444 e. The molecule has 1 unspecified atom stereocenters. The molecule has 1 amide bonds. The summed E-state index contributed by atoms with van der Waals surface area (Å²) in [6, 6.07) is 5.40. The van der Waals surface area contributed by atoms with Gasteiger partial charge in [-0.1, -0.05) is 6.07 Å². The zero-order valence-electron chi connectivity index (χ0n) is 19.4. The molecule has 1 fully saturated rings. The normalized spacial score (nSPS) is 16.6. The Balaban J connectivity index is 0.00000480. The van der Waals surface area contributed by atoms with Crippen molar-refractivity contribution in [2.45, 2.75) is 72.1 Å². The van der Waals surface area contributed by atoms with E-state index in [0.717, 1.165) is 44.0 Å². The van der Waals surface area contributed by atoms with Crippen LogP contribution in [0.1, 0.15) is 52.7 Å². The van der Waals surface area contributed by atoms with Crippen molar-refractivity contribution in [2.75, 3.05) is 26.2 Å². The van der Waals surface area contributed by atoms with Crippen molar-refractivity contribution in [3.63, 3.8) is 0 Å². The second-order valence-corrected chi connectivity index (χ2v) is 8.68. The van der Waals surface area contributed by atoms with Gasteiger partial charge in [0.2, 0.25) is 0 Å². The Morgan fingerprint density at radius 1 is 1.29 bits per heavy atom. The lowest BCUT2D eigenvalue weighted by Gasteiger charge is -2.23. The number of aromatic nitrogens is 1. The number of carbonyl (C=O) groups excluding carboxylic acids is 1. The van der Waals surface area contributed by atoms with Crippen molar-refractivity contribution < 1.29 is 9.53 Å². The first kappa shape index (κ1) is 27.3. The van der Waals surface area contributed by atoms with Gasteiger partial charge in [0.1, 0.15) is 5.60 Å². The Morgan fingerprint density at radius 2 is 2.03 bits per heavy atom. The number of alkyl carbamates (subject to hydrolysis) is 1. The van der Waals surface area contributed by atoms with E-state index in [2.05, 4.69) is 15.5 Å². The number of halogens is 1. The fraction of sp³-hybridized carbons (Fsp3) is 0.682. The third-order valence-corrected chi connectivity index (χ3v) is 4.86. The summed E-state index contributed by atoms with van der Waals surface area (Å²) in [4.78, 5) is 30.9. The fourth-order valence-electron chi connectivity index (χ4n) is 3.45. The second kappa shape index (κ2) is 12.9. The van der Waals surface area contributed by atoms with Crippen molar-refractivity contribution in [3.8, 4) is 0 Å². The number of aryl methyl sites for hydroxylation is 1. The minimum absolute atomic E-state index is 0. The fourth-order valence-corrected chi connectivity index (χ4v) is 3.45. The van der Waals surface area contributed by atoms with Crippen LogP contribution in [0.15, 0.2) is 28.0 Å². The van der Waals surface area contributed by atoms with Crippen LogP contribution in [-0.4, -0.2) is 59.3 Å². The number of hydrogen-bond donors (Lipinski definition) is 2. The molecular formula is C22H38IN5O3. The van der Waals surface area contributed by atoms with E-state index in [4.69, 9.17) is 9.73 Å². The third kappa shape index (κ3) is 9.49. The van der Waals surface area contributed by atoms with Crippen LogP contribution in [0.5, 0.6) is 0 Å². The van der Waals surface area contributed by atoms with Crippen LogP contribution < -0.4 is 16.2 Å². The molecule has 1 saturated heterocycles. The number of amides is 1. The molecule has 2 heterocycles. The lowest BCUT2D eigenvalue weighted by molar-refractivity contribution is 0.0507. The Kier molecular flexibility index (Phi) is 11.4. The van der Waals surface area contributed by atoms with Crippen LogP contribution in [0.2, 0.25) is 0 Å². The topological polar surface area (TPSA) is 88.0 Å². The molecule has 0 bridgehead atoms. The van der Waals surface area contributed by atoms with Gasteiger partial charge in [-0.3, -0.25) is 9.79 Å². The molecule has 0 radical (unpaired) electrons. The molecule has 1 aliphatic rings. The summed E-state index contributed by atoms with van der Waals surface area (Å²) in [5, 5.41) is 6.29. The third-order valence-electron chi connectivity index (χ3n) is 4.86. The highest BCUT2D eigenvalue weighted by atomic mass is 127. The van der Waals surface area contributed by atoms with E-state index in [1.165, 1.54) is 0 Å². The number of nitrogens with one attached hydrogen (secondary N) is 2. The molecule has 0 aromatic carbocycles. The summed E-state index contributed by atoms with van der Waals surface area (Å²) in [5.41, 5.74) is 0.537. The molecule has 1 aromatic heterocycles. The number of pyridine rings is 1. The van der Waals surface area contributed by atoms with Gasteiger partial charge in [0.05, 0.1) is 6.04 Å². The summed E-state index contributed by atoms with van der Waals surface area (Å²) in [7, 11) is 0. The number of likely N-dealkylation sites (tertiary alicyclic amines) is 1. The molecule has 0 saturated carbocycles. The maximum atomic E-state index is 12.0. The van der Waals surface area contributed by atoms with Gasteiger partial charge in [0, 0.05) is 44.5 Å². The van der Waals surface area contributed by atoms with Crippen molar-refractivity contribution in [1.82, 2.24) is 20.1 Å². The van der Waals surface area contributed by atoms with Crippen LogP contribution in [0.4, 0.5) is 4.79 Å². The molecule has 1 atom stereocenters. The van der Waals surface area contributed by atoms with Gasteiger partial charge in [0.25, 0.3) is 5.56 Å². The van der Waals surface area contributed by atoms with Crippen molar-refractivity contribution >= 4 is 36.0 Å². The van der Waals surface area contributed by atoms with Gasteiger partial charge < -0.3 is 24.8 Å². The van der Waals surface area contributed by atoms with Crippen LogP contribution in [0.3, 0.4) is 0 Å². The van der Waals surface area contributed by atoms with Gasteiger partial charge in [-0.25, -0.2) is 4.79 Å². The monoisotopic (exact) mass is 547 g/mol. The maximum absolute atomic E-state index is 12.0. The second-order valence-electron chi connectivity index (χ2n) is 8.68. The quantitative estimate of drug-likeness (QED) is 0.237. The minimum Gasteiger partial charge on any atom is -0.444 e. The molecule has 8 nitrogen and oxygen atoms in total. The number of guanidine groups is 1. The Bertz CT molecular complexity index is 788. The summed E-state index contributed by atoms with van der Waals surface area (Å²) in [6.07, 6.45) is 2.29. The Morgan fingerprint density at radius 3 is 2.68 bits per heavy atom. The molecule has 1 aliphatic heterocycles. The van der Waals surface area contributed by atoms with Crippen LogP contribution >= 0.6 is 24.0 Å². The Hall–Kier alpha value is -1.78. The first-order valence-corrected chi connectivity index (χ1v) is 10.9. The number of unbranched alkanes of at least 4 members (excludes halogenated alkanes) is 1. The highest BCUT2D eigenvalue weighted by Gasteiger charge is 2.27. The summed E-state index contributed by atoms with van der Waals surface area (Å²) in [6.45, 7) is 13.3. The van der Waals surface area contributed by atoms with Gasteiger partial charge in [-0.2, -0.15) is 0 Å².